The van der Waals surface area contributed by atoms with Crippen LogP contribution in [0.4, 0.5) is 16.4 Å². The van der Waals surface area contributed by atoms with Crippen molar-refractivity contribution in [1.29, 1.82) is 0 Å². The van der Waals surface area contributed by atoms with E-state index in [-0.39, 0.29) is 12.1 Å². The lowest BCUT2D eigenvalue weighted by Crippen LogP contribution is -2.48. The van der Waals surface area contributed by atoms with Gasteiger partial charge in [-0.1, -0.05) is 12.1 Å². The van der Waals surface area contributed by atoms with Gasteiger partial charge in [-0.3, -0.25) is 0 Å². The van der Waals surface area contributed by atoms with Crippen LogP contribution in [0.25, 0.3) is 11.0 Å². The van der Waals surface area contributed by atoms with Gasteiger partial charge in [-0.25, -0.2) is 14.8 Å². The van der Waals surface area contributed by atoms with Gasteiger partial charge < -0.3 is 20.3 Å². The summed E-state index contributed by atoms with van der Waals surface area (Å²) in [5.41, 5.74) is 1.30. The van der Waals surface area contributed by atoms with Crippen LogP contribution in [0.2, 0.25) is 0 Å². The van der Waals surface area contributed by atoms with Gasteiger partial charge in [-0.05, 0) is 65.0 Å². The Morgan fingerprint density at radius 3 is 2.55 bits per heavy atom. The SMILES string of the molecule is CC(C)(C)OC(=O)NC[C@H]1CCCCN1c1nc2ccccc2nc1NC1CC1. The van der Waals surface area contributed by atoms with Crippen LogP contribution in [-0.2, 0) is 4.74 Å². The zero-order valence-corrected chi connectivity index (χ0v) is 17.6. The fourth-order valence-electron chi connectivity index (χ4n) is 3.72. The third-order valence-corrected chi connectivity index (χ3v) is 5.25. The predicted octanol–water partition coefficient (Wildman–Crippen LogP) is 4.09. The number of fused-ring (bicyclic) bond motifs is 1. The summed E-state index contributed by atoms with van der Waals surface area (Å²) in [6, 6.07) is 8.66. The topological polar surface area (TPSA) is 79.4 Å². The highest BCUT2D eigenvalue weighted by Crippen LogP contribution is 2.33. The van der Waals surface area contributed by atoms with Crippen molar-refractivity contribution in [2.24, 2.45) is 0 Å². The van der Waals surface area contributed by atoms with Crippen LogP contribution in [0.15, 0.2) is 24.3 Å². The van der Waals surface area contributed by atoms with Gasteiger partial charge in [0.05, 0.1) is 11.0 Å². The molecule has 1 saturated heterocycles. The van der Waals surface area contributed by atoms with Gasteiger partial charge in [-0.15, -0.1) is 0 Å². The maximum Gasteiger partial charge on any atom is 0.407 e. The van der Waals surface area contributed by atoms with E-state index < -0.39 is 5.60 Å². The summed E-state index contributed by atoms with van der Waals surface area (Å²) >= 11 is 0. The fraction of sp³-hybridized carbons (Fsp3) is 0.591. The number of amides is 1. The molecule has 7 heteroatoms. The van der Waals surface area contributed by atoms with Crippen LogP contribution in [0.3, 0.4) is 0 Å². The quantitative estimate of drug-likeness (QED) is 0.791. The summed E-state index contributed by atoms with van der Waals surface area (Å²) in [5.74, 6) is 1.75. The molecule has 0 spiro atoms. The first-order valence-electron chi connectivity index (χ1n) is 10.7. The molecule has 1 aliphatic heterocycles. The van der Waals surface area contributed by atoms with E-state index in [1.807, 2.05) is 45.0 Å². The molecule has 2 aromatic rings. The molecule has 1 aromatic heterocycles. The van der Waals surface area contributed by atoms with E-state index in [0.29, 0.717) is 12.6 Å². The lowest BCUT2D eigenvalue weighted by molar-refractivity contribution is 0.0523. The van der Waals surface area contributed by atoms with Gasteiger partial charge in [0, 0.05) is 25.2 Å². The van der Waals surface area contributed by atoms with Gasteiger partial charge in [-0.2, -0.15) is 0 Å². The Bertz CT molecular complexity index is 875. The highest BCUT2D eigenvalue weighted by Gasteiger charge is 2.30. The number of carbonyl (C=O) groups excluding carboxylic acids is 1. The Morgan fingerprint density at radius 1 is 1.14 bits per heavy atom. The Labute approximate surface area is 172 Å². The van der Waals surface area contributed by atoms with Crippen molar-refractivity contribution in [2.45, 2.75) is 70.6 Å². The number of para-hydroxylation sites is 2. The number of hydrogen-bond acceptors (Lipinski definition) is 6. The van der Waals surface area contributed by atoms with Crippen molar-refractivity contribution in [1.82, 2.24) is 15.3 Å². The average Bonchev–Trinajstić information content (AvgIpc) is 3.49. The van der Waals surface area contributed by atoms with Crippen molar-refractivity contribution < 1.29 is 9.53 Å². The normalized spacial score (nSPS) is 19.8. The Morgan fingerprint density at radius 2 is 1.86 bits per heavy atom. The summed E-state index contributed by atoms with van der Waals surface area (Å²) in [7, 11) is 0. The van der Waals surface area contributed by atoms with Crippen LogP contribution in [0.5, 0.6) is 0 Å². The number of nitrogens with one attached hydrogen (secondary N) is 2. The Kier molecular flexibility index (Phi) is 5.48. The van der Waals surface area contributed by atoms with Crippen LogP contribution in [0, 0.1) is 0 Å². The second-order valence-electron chi connectivity index (χ2n) is 9.03. The number of benzene rings is 1. The third-order valence-electron chi connectivity index (χ3n) is 5.25. The Balaban J connectivity index is 1.57. The number of aromatic nitrogens is 2. The minimum absolute atomic E-state index is 0.173. The molecule has 0 bridgehead atoms. The molecule has 4 rings (SSSR count). The second kappa shape index (κ2) is 8.05. The van der Waals surface area contributed by atoms with E-state index in [1.165, 1.54) is 12.8 Å². The first-order valence-corrected chi connectivity index (χ1v) is 10.7. The lowest BCUT2D eigenvalue weighted by Gasteiger charge is -2.37. The highest BCUT2D eigenvalue weighted by atomic mass is 16.6. The largest absolute Gasteiger partial charge is 0.444 e. The van der Waals surface area contributed by atoms with E-state index in [4.69, 9.17) is 14.7 Å². The molecule has 29 heavy (non-hydrogen) atoms. The number of ether oxygens (including phenoxy) is 1. The molecule has 0 unspecified atom stereocenters. The first-order chi connectivity index (χ1) is 13.9. The minimum Gasteiger partial charge on any atom is -0.444 e. The second-order valence-corrected chi connectivity index (χ2v) is 9.03. The summed E-state index contributed by atoms with van der Waals surface area (Å²) in [6.07, 6.45) is 5.25. The molecule has 1 aromatic carbocycles. The summed E-state index contributed by atoms with van der Waals surface area (Å²) in [4.78, 5) is 24.3. The summed E-state index contributed by atoms with van der Waals surface area (Å²) < 4.78 is 5.40. The third kappa shape index (κ3) is 5.08. The van der Waals surface area contributed by atoms with E-state index in [9.17, 15) is 4.79 Å². The molecular formula is C22H31N5O2. The van der Waals surface area contributed by atoms with Gasteiger partial charge in [0.1, 0.15) is 5.60 Å². The molecule has 1 amide bonds. The van der Waals surface area contributed by atoms with E-state index in [2.05, 4.69) is 15.5 Å². The van der Waals surface area contributed by atoms with E-state index in [0.717, 1.165) is 48.5 Å². The predicted molar refractivity (Wildman–Crippen MR) is 115 cm³/mol. The average molecular weight is 398 g/mol. The molecule has 156 valence electrons. The molecule has 0 radical (unpaired) electrons. The van der Waals surface area contributed by atoms with Crippen LogP contribution in [-0.4, -0.2) is 46.8 Å². The number of alkyl carbamates (subject to hydrolysis) is 1. The molecule has 2 heterocycles. The summed E-state index contributed by atoms with van der Waals surface area (Å²) in [5, 5.41) is 6.51. The molecular weight excluding hydrogens is 366 g/mol. The van der Waals surface area contributed by atoms with Crippen molar-refractivity contribution in [3.8, 4) is 0 Å². The number of anilines is 2. The van der Waals surface area contributed by atoms with Gasteiger partial charge in [0.15, 0.2) is 11.6 Å². The number of piperidine rings is 1. The van der Waals surface area contributed by atoms with Crippen molar-refractivity contribution in [3.63, 3.8) is 0 Å². The van der Waals surface area contributed by atoms with Crippen molar-refractivity contribution >= 4 is 28.8 Å². The van der Waals surface area contributed by atoms with Gasteiger partial charge in [0.2, 0.25) is 0 Å². The Hall–Kier alpha value is -2.57. The van der Waals surface area contributed by atoms with Crippen LogP contribution < -0.4 is 15.5 Å². The van der Waals surface area contributed by atoms with Gasteiger partial charge in [0.25, 0.3) is 0 Å². The zero-order chi connectivity index (χ0) is 20.4. The monoisotopic (exact) mass is 397 g/mol. The van der Waals surface area contributed by atoms with Gasteiger partial charge >= 0.3 is 6.09 Å². The van der Waals surface area contributed by atoms with Crippen molar-refractivity contribution in [3.05, 3.63) is 24.3 Å². The number of nitrogens with zero attached hydrogens (tertiary/aromatic N) is 3. The maximum atomic E-state index is 12.1. The van der Waals surface area contributed by atoms with Crippen LogP contribution >= 0.6 is 0 Å². The molecule has 2 fully saturated rings. The fourth-order valence-corrected chi connectivity index (χ4v) is 3.72. The molecule has 7 nitrogen and oxygen atoms in total. The number of hydrogen-bond donors (Lipinski definition) is 2. The molecule has 1 aliphatic carbocycles. The van der Waals surface area contributed by atoms with Crippen molar-refractivity contribution in [2.75, 3.05) is 23.3 Å². The smallest absolute Gasteiger partial charge is 0.407 e. The van der Waals surface area contributed by atoms with E-state index in [1.54, 1.807) is 0 Å². The van der Waals surface area contributed by atoms with Crippen LogP contribution in [0.1, 0.15) is 52.9 Å². The minimum atomic E-state index is -0.499. The molecule has 1 atom stereocenters. The molecule has 2 N–H and O–H groups in total. The first kappa shape index (κ1) is 19.7. The van der Waals surface area contributed by atoms with E-state index >= 15 is 0 Å². The summed E-state index contributed by atoms with van der Waals surface area (Å²) in [6.45, 7) is 7.07. The molecule has 2 aliphatic rings. The lowest BCUT2D eigenvalue weighted by atomic mass is 10.0. The zero-order valence-electron chi connectivity index (χ0n) is 17.6. The number of carbonyl (C=O) groups is 1. The highest BCUT2D eigenvalue weighted by molar-refractivity contribution is 5.81. The number of rotatable bonds is 5. The maximum absolute atomic E-state index is 12.1. The molecule has 1 saturated carbocycles. The standard InChI is InChI=1S/C22H31N5O2/c1-22(2,3)29-21(28)23-14-16-8-6-7-13-27(16)20-19(24-15-11-12-15)25-17-9-4-5-10-18(17)26-20/h4-5,9-10,15-16H,6-8,11-14H2,1-3H3,(H,23,28)(H,24,25)/t16-/m1/s1.